The molecule has 0 bridgehead atoms. The fourth-order valence-electron chi connectivity index (χ4n) is 2.32. The van der Waals surface area contributed by atoms with E-state index in [0.29, 0.717) is 18.9 Å². The van der Waals surface area contributed by atoms with Crippen molar-refractivity contribution in [2.75, 3.05) is 0 Å². The summed E-state index contributed by atoms with van der Waals surface area (Å²) >= 11 is 0. The van der Waals surface area contributed by atoms with Crippen LogP contribution in [0.1, 0.15) is 39.7 Å². The highest BCUT2D eigenvalue weighted by atomic mass is 16.6. The molecule has 0 spiro atoms. The summed E-state index contributed by atoms with van der Waals surface area (Å²) in [4.78, 5) is 19.8. The maximum atomic E-state index is 12.7. The minimum absolute atomic E-state index is 0.00625. The van der Waals surface area contributed by atoms with Crippen molar-refractivity contribution in [1.29, 1.82) is 0 Å². The Balaban J connectivity index is 2.04. The minimum Gasteiger partial charge on any atom is -0.382 e. The number of aromatic nitrogens is 2. The van der Waals surface area contributed by atoms with E-state index in [4.69, 9.17) is 4.84 Å². The van der Waals surface area contributed by atoms with Crippen molar-refractivity contribution in [2.24, 2.45) is 18.1 Å². The number of amides is 1. The maximum Gasteiger partial charge on any atom is 0.267 e. The first-order valence-electron chi connectivity index (χ1n) is 7.39. The van der Waals surface area contributed by atoms with Gasteiger partial charge in [-0.05, 0) is 19.8 Å². The zero-order chi connectivity index (χ0) is 15.6. The van der Waals surface area contributed by atoms with Gasteiger partial charge in [0, 0.05) is 37.8 Å². The molecule has 1 aliphatic heterocycles. The molecule has 0 N–H and O–H groups in total. The molecule has 0 fully saturated rings. The van der Waals surface area contributed by atoms with E-state index in [1.165, 1.54) is 0 Å². The smallest absolute Gasteiger partial charge is 0.267 e. The summed E-state index contributed by atoms with van der Waals surface area (Å²) in [5.74, 6) is 0.307. The van der Waals surface area contributed by atoms with Crippen LogP contribution >= 0.6 is 0 Å². The second-order valence-corrected chi connectivity index (χ2v) is 6.12. The molecule has 0 aliphatic carbocycles. The Hall–Kier alpha value is -1.85. The third-order valence-corrected chi connectivity index (χ3v) is 3.65. The van der Waals surface area contributed by atoms with Gasteiger partial charge >= 0.3 is 0 Å². The van der Waals surface area contributed by atoms with Gasteiger partial charge in [-0.25, -0.2) is 0 Å². The fraction of sp³-hybridized carbons (Fsp3) is 0.667. The van der Waals surface area contributed by atoms with Crippen molar-refractivity contribution in [1.82, 2.24) is 14.7 Å². The third-order valence-electron chi connectivity index (χ3n) is 3.65. The van der Waals surface area contributed by atoms with E-state index in [0.717, 1.165) is 11.3 Å². The number of oxime groups is 1. The molecule has 2 rings (SSSR count). The van der Waals surface area contributed by atoms with Crippen molar-refractivity contribution in [3.63, 3.8) is 0 Å². The molecule has 0 unspecified atom stereocenters. The monoisotopic (exact) mass is 292 g/mol. The number of carbonyl (C=O) groups is 1. The lowest BCUT2D eigenvalue weighted by Gasteiger charge is -2.28. The summed E-state index contributed by atoms with van der Waals surface area (Å²) in [7, 11) is 1.87. The summed E-state index contributed by atoms with van der Waals surface area (Å²) < 4.78 is 1.74. The van der Waals surface area contributed by atoms with Crippen LogP contribution in [0.4, 0.5) is 0 Å². The molecule has 1 atom stereocenters. The molecule has 6 nitrogen and oxygen atoms in total. The van der Waals surface area contributed by atoms with Gasteiger partial charge in [-0.15, -0.1) is 0 Å². The van der Waals surface area contributed by atoms with Gasteiger partial charge in [0.2, 0.25) is 6.10 Å². The second kappa shape index (κ2) is 6.28. The Morgan fingerprint density at radius 3 is 2.67 bits per heavy atom. The molecule has 1 aromatic rings. The highest BCUT2D eigenvalue weighted by molar-refractivity contribution is 5.93. The van der Waals surface area contributed by atoms with Gasteiger partial charge in [-0.1, -0.05) is 19.0 Å². The zero-order valence-corrected chi connectivity index (χ0v) is 13.4. The summed E-state index contributed by atoms with van der Waals surface area (Å²) in [5, 5.41) is 8.19. The molecule has 116 valence electrons. The number of nitrogens with zero attached hydrogens (tertiary/aromatic N) is 4. The quantitative estimate of drug-likeness (QED) is 0.833. The van der Waals surface area contributed by atoms with Gasteiger partial charge in [0.25, 0.3) is 5.91 Å². The van der Waals surface area contributed by atoms with Crippen LogP contribution in [0.3, 0.4) is 0 Å². The van der Waals surface area contributed by atoms with Gasteiger partial charge in [-0.3, -0.25) is 9.48 Å². The van der Waals surface area contributed by atoms with Crippen molar-refractivity contribution in [3.05, 3.63) is 18.0 Å². The van der Waals surface area contributed by atoms with E-state index in [-0.39, 0.29) is 11.9 Å². The van der Waals surface area contributed by atoms with Crippen LogP contribution in [0.15, 0.2) is 17.5 Å². The molecular formula is C15H24N4O2. The van der Waals surface area contributed by atoms with Gasteiger partial charge in [-0.2, -0.15) is 5.10 Å². The van der Waals surface area contributed by atoms with Gasteiger partial charge in [0.05, 0.1) is 11.9 Å². The van der Waals surface area contributed by atoms with Crippen molar-refractivity contribution < 1.29 is 9.63 Å². The molecule has 0 saturated carbocycles. The van der Waals surface area contributed by atoms with E-state index in [1.807, 2.05) is 32.0 Å². The van der Waals surface area contributed by atoms with Crippen molar-refractivity contribution in [2.45, 2.75) is 52.8 Å². The molecule has 0 radical (unpaired) electrons. The summed E-state index contributed by atoms with van der Waals surface area (Å²) in [5.41, 5.74) is 1.97. The molecule has 6 heteroatoms. The first-order valence-corrected chi connectivity index (χ1v) is 7.39. The van der Waals surface area contributed by atoms with Crippen LogP contribution < -0.4 is 0 Å². The maximum absolute atomic E-state index is 12.7. The first kappa shape index (κ1) is 15.5. The summed E-state index contributed by atoms with van der Waals surface area (Å²) in [6.07, 6.45) is 3.82. The molecule has 0 saturated heterocycles. The molecule has 1 aromatic heterocycles. The summed E-state index contributed by atoms with van der Waals surface area (Å²) in [6.45, 7) is 8.68. The predicted molar refractivity (Wildman–Crippen MR) is 80.7 cm³/mol. The predicted octanol–water partition coefficient (Wildman–Crippen LogP) is 1.96. The molecule has 2 heterocycles. The van der Waals surface area contributed by atoms with Gasteiger partial charge < -0.3 is 9.74 Å². The van der Waals surface area contributed by atoms with Gasteiger partial charge in [0.1, 0.15) is 0 Å². The van der Waals surface area contributed by atoms with Crippen LogP contribution in [0.2, 0.25) is 0 Å². The molecule has 0 aromatic carbocycles. The van der Waals surface area contributed by atoms with Crippen LogP contribution in [0, 0.1) is 5.92 Å². The first-order chi connectivity index (χ1) is 9.88. The van der Waals surface area contributed by atoms with E-state index in [2.05, 4.69) is 24.1 Å². The second-order valence-electron chi connectivity index (χ2n) is 6.12. The van der Waals surface area contributed by atoms with Crippen LogP contribution in [-0.4, -0.2) is 38.4 Å². The Labute approximate surface area is 125 Å². The Kier molecular flexibility index (Phi) is 4.65. The number of hydrogen-bond donors (Lipinski definition) is 0. The highest BCUT2D eigenvalue weighted by Gasteiger charge is 2.33. The van der Waals surface area contributed by atoms with E-state index < -0.39 is 6.10 Å². The van der Waals surface area contributed by atoms with E-state index >= 15 is 0 Å². The SMILES string of the molecule is CC(C)C1=NO[C@@H](C(=O)N(Cc2cnn(C)c2)C(C)C)C1. The molecule has 1 aliphatic rings. The average molecular weight is 292 g/mol. The fourth-order valence-corrected chi connectivity index (χ4v) is 2.32. The zero-order valence-electron chi connectivity index (χ0n) is 13.4. The van der Waals surface area contributed by atoms with Crippen LogP contribution in [0.25, 0.3) is 0 Å². The van der Waals surface area contributed by atoms with Crippen LogP contribution in [0.5, 0.6) is 0 Å². The molecule has 21 heavy (non-hydrogen) atoms. The number of aryl methyl sites for hydroxylation is 1. The summed E-state index contributed by atoms with van der Waals surface area (Å²) in [6, 6.07) is 0.101. The number of rotatable bonds is 5. The van der Waals surface area contributed by atoms with E-state index in [1.54, 1.807) is 10.9 Å². The van der Waals surface area contributed by atoms with Gasteiger partial charge in [0.15, 0.2) is 0 Å². The lowest BCUT2D eigenvalue weighted by molar-refractivity contribution is -0.144. The third kappa shape index (κ3) is 3.62. The van der Waals surface area contributed by atoms with Crippen LogP contribution in [-0.2, 0) is 23.2 Å². The van der Waals surface area contributed by atoms with E-state index in [9.17, 15) is 4.79 Å². The molecular weight excluding hydrogens is 268 g/mol. The number of hydrogen-bond acceptors (Lipinski definition) is 4. The Bertz CT molecular complexity index is 534. The normalized spacial score (nSPS) is 18.0. The highest BCUT2D eigenvalue weighted by Crippen LogP contribution is 2.20. The average Bonchev–Trinajstić information content (AvgIpc) is 3.03. The minimum atomic E-state index is -0.485. The largest absolute Gasteiger partial charge is 0.382 e. The lowest BCUT2D eigenvalue weighted by atomic mass is 10.0. The Morgan fingerprint density at radius 2 is 2.19 bits per heavy atom. The van der Waals surface area contributed by atoms with Crippen molar-refractivity contribution >= 4 is 11.6 Å². The molecule has 1 amide bonds. The Morgan fingerprint density at radius 1 is 1.48 bits per heavy atom. The number of carbonyl (C=O) groups excluding carboxylic acids is 1. The lowest BCUT2D eigenvalue weighted by Crippen LogP contribution is -2.43. The topological polar surface area (TPSA) is 59.7 Å². The van der Waals surface area contributed by atoms with Crippen molar-refractivity contribution in [3.8, 4) is 0 Å². The standard InChI is InChI=1S/C15H24N4O2/c1-10(2)13-6-14(21-17-13)15(20)19(11(3)4)9-12-7-16-18(5)8-12/h7-8,10-11,14H,6,9H2,1-5H3/t14-/m1/s1.